The smallest absolute Gasteiger partial charge is 0.251 e. The Kier molecular flexibility index (Phi) is 5.43. The number of nitrogens with zero attached hydrogens (tertiary/aromatic N) is 1. The van der Waals surface area contributed by atoms with Crippen LogP contribution < -0.4 is 10.6 Å². The Hall–Kier alpha value is -1.43. The molecule has 120 valence electrons. The van der Waals surface area contributed by atoms with Gasteiger partial charge < -0.3 is 15.4 Å². The molecule has 1 saturated heterocycles. The predicted molar refractivity (Wildman–Crippen MR) is 86.1 cm³/mol. The summed E-state index contributed by atoms with van der Waals surface area (Å²) in [6.45, 7) is 7.32. The summed E-state index contributed by atoms with van der Waals surface area (Å²) in [5.41, 5.74) is 3.39. The summed E-state index contributed by atoms with van der Waals surface area (Å²) in [6.07, 6.45) is 2.04. The molecule has 2 aliphatic heterocycles. The van der Waals surface area contributed by atoms with Crippen LogP contribution in [-0.4, -0.2) is 56.7 Å². The van der Waals surface area contributed by atoms with E-state index in [1.165, 1.54) is 11.1 Å². The van der Waals surface area contributed by atoms with Gasteiger partial charge in [-0.2, -0.15) is 0 Å². The van der Waals surface area contributed by atoms with Gasteiger partial charge in [-0.3, -0.25) is 9.69 Å². The number of fused-ring (bicyclic) bond motifs is 1. The van der Waals surface area contributed by atoms with Crippen LogP contribution in [0.3, 0.4) is 0 Å². The second-order valence-corrected chi connectivity index (χ2v) is 5.97. The highest BCUT2D eigenvalue weighted by Crippen LogP contribution is 2.15. The molecule has 2 N–H and O–H groups in total. The molecule has 1 aromatic rings. The van der Waals surface area contributed by atoms with E-state index in [4.69, 9.17) is 4.74 Å². The summed E-state index contributed by atoms with van der Waals surface area (Å²) in [5.74, 6) is 0.0374. The molecular formula is C17H25N3O2. The lowest BCUT2D eigenvalue weighted by atomic mass is 9.98. The van der Waals surface area contributed by atoms with Gasteiger partial charge >= 0.3 is 0 Å². The molecule has 0 atom stereocenters. The van der Waals surface area contributed by atoms with Gasteiger partial charge in [0.1, 0.15) is 0 Å². The van der Waals surface area contributed by atoms with E-state index in [0.717, 1.165) is 70.9 Å². The Morgan fingerprint density at radius 1 is 1.27 bits per heavy atom. The number of morpholine rings is 1. The SMILES string of the molecule is O=C(NCCCN1CCOCC1)c1ccc2c(c1)CNCC2. The summed E-state index contributed by atoms with van der Waals surface area (Å²) in [5, 5.41) is 6.38. The number of amides is 1. The van der Waals surface area contributed by atoms with Gasteiger partial charge in [-0.1, -0.05) is 6.07 Å². The van der Waals surface area contributed by atoms with E-state index in [9.17, 15) is 4.79 Å². The van der Waals surface area contributed by atoms with Crippen LogP contribution >= 0.6 is 0 Å². The van der Waals surface area contributed by atoms with Crippen molar-refractivity contribution in [3.63, 3.8) is 0 Å². The maximum Gasteiger partial charge on any atom is 0.251 e. The van der Waals surface area contributed by atoms with Gasteiger partial charge in [0.25, 0.3) is 5.91 Å². The first-order chi connectivity index (χ1) is 10.8. The molecule has 2 heterocycles. The van der Waals surface area contributed by atoms with Crippen molar-refractivity contribution in [2.45, 2.75) is 19.4 Å². The molecule has 1 aromatic carbocycles. The van der Waals surface area contributed by atoms with Gasteiger partial charge in [-0.25, -0.2) is 0 Å². The van der Waals surface area contributed by atoms with Crippen LogP contribution in [0, 0.1) is 0 Å². The van der Waals surface area contributed by atoms with Crippen LogP contribution in [-0.2, 0) is 17.7 Å². The number of benzene rings is 1. The van der Waals surface area contributed by atoms with Crippen molar-refractivity contribution >= 4 is 5.91 Å². The average Bonchev–Trinajstić information content (AvgIpc) is 2.59. The topological polar surface area (TPSA) is 53.6 Å². The van der Waals surface area contributed by atoms with Gasteiger partial charge in [0.15, 0.2) is 0 Å². The normalized spacial score (nSPS) is 18.7. The molecule has 1 amide bonds. The lowest BCUT2D eigenvalue weighted by Gasteiger charge is -2.26. The van der Waals surface area contributed by atoms with Crippen molar-refractivity contribution in [3.8, 4) is 0 Å². The number of hydrogen-bond acceptors (Lipinski definition) is 4. The molecule has 0 spiro atoms. The quantitative estimate of drug-likeness (QED) is 0.790. The molecular weight excluding hydrogens is 278 g/mol. The van der Waals surface area contributed by atoms with Gasteiger partial charge in [0.2, 0.25) is 0 Å². The molecule has 0 saturated carbocycles. The third kappa shape index (κ3) is 4.06. The number of carbonyl (C=O) groups is 1. The van der Waals surface area contributed by atoms with Crippen molar-refractivity contribution in [1.29, 1.82) is 0 Å². The van der Waals surface area contributed by atoms with Crippen molar-refractivity contribution in [1.82, 2.24) is 15.5 Å². The predicted octanol–water partition coefficient (Wildman–Crippen LogP) is 0.784. The maximum absolute atomic E-state index is 12.2. The molecule has 22 heavy (non-hydrogen) atoms. The molecule has 5 heteroatoms. The van der Waals surface area contributed by atoms with Crippen molar-refractivity contribution in [2.24, 2.45) is 0 Å². The average molecular weight is 303 g/mol. The minimum atomic E-state index is 0.0374. The largest absolute Gasteiger partial charge is 0.379 e. The van der Waals surface area contributed by atoms with Gasteiger partial charge in [-0.15, -0.1) is 0 Å². The number of rotatable bonds is 5. The van der Waals surface area contributed by atoms with E-state index in [1.54, 1.807) is 0 Å². The zero-order valence-corrected chi connectivity index (χ0v) is 13.1. The van der Waals surface area contributed by atoms with Crippen LogP contribution in [0.1, 0.15) is 27.9 Å². The highest BCUT2D eigenvalue weighted by atomic mass is 16.5. The van der Waals surface area contributed by atoms with Crippen LogP contribution in [0.25, 0.3) is 0 Å². The number of carbonyl (C=O) groups excluding carboxylic acids is 1. The number of nitrogens with one attached hydrogen (secondary N) is 2. The molecule has 0 unspecified atom stereocenters. The van der Waals surface area contributed by atoms with E-state index in [0.29, 0.717) is 0 Å². The van der Waals surface area contributed by atoms with E-state index in [2.05, 4.69) is 21.6 Å². The first kappa shape index (κ1) is 15.5. The second-order valence-electron chi connectivity index (χ2n) is 5.97. The third-order valence-corrected chi connectivity index (χ3v) is 4.40. The molecule has 0 aromatic heterocycles. The Balaban J connectivity index is 1.43. The highest BCUT2D eigenvalue weighted by molar-refractivity contribution is 5.94. The summed E-state index contributed by atoms with van der Waals surface area (Å²) >= 11 is 0. The fourth-order valence-corrected chi connectivity index (χ4v) is 3.05. The first-order valence-electron chi connectivity index (χ1n) is 8.24. The zero-order valence-electron chi connectivity index (χ0n) is 13.1. The Labute approximate surface area is 132 Å². The molecule has 3 rings (SSSR count). The Morgan fingerprint density at radius 3 is 3.00 bits per heavy atom. The van der Waals surface area contributed by atoms with Crippen LogP contribution in [0.5, 0.6) is 0 Å². The molecule has 5 nitrogen and oxygen atoms in total. The number of ether oxygens (including phenoxy) is 1. The summed E-state index contributed by atoms with van der Waals surface area (Å²) in [7, 11) is 0. The Bertz CT molecular complexity index is 513. The van der Waals surface area contributed by atoms with E-state index < -0.39 is 0 Å². The standard InChI is InChI=1S/C17H25N3O2/c21-17(19-5-1-7-20-8-10-22-11-9-20)15-3-2-14-4-6-18-13-16(14)12-15/h2-3,12,18H,1,4-11,13H2,(H,19,21). The fourth-order valence-electron chi connectivity index (χ4n) is 3.05. The highest BCUT2D eigenvalue weighted by Gasteiger charge is 2.13. The van der Waals surface area contributed by atoms with Crippen molar-refractivity contribution in [2.75, 3.05) is 45.9 Å². The van der Waals surface area contributed by atoms with Gasteiger partial charge in [0, 0.05) is 31.7 Å². The Morgan fingerprint density at radius 2 is 2.14 bits per heavy atom. The van der Waals surface area contributed by atoms with E-state index in [1.807, 2.05) is 12.1 Å². The summed E-state index contributed by atoms with van der Waals surface area (Å²) in [4.78, 5) is 14.6. The second kappa shape index (κ2) is 7.72. The summed E-state index contributed by atoms with van der Waals surface area (Å²) in [6, 6.07) is 6.07. The van der Waals surface area contributed by atoms with Crippen molar-refractivity contribution < 1.29 is 9.53 Å². The van der Waals surface area contributed by atoms with Gasteiger partial charge in [0.05, 0.1) is 13.2 Å². The van der Waals surface area contributed by atoms with Crippen molar-refractivity contribution in [3.05, 3.63) is 34.9 Å². The van der Waals surface area contributed by atoms with Crippen LogP contribution in [0.2, 0.25) is 0 Å². The number of hydrogen-bond donors (Lipinski definition) is 2. The maximum atomic E-state index is 12.2. The van der Waals surface area contributed by atoms with Crippen LogP contribution in [0.4, 0.5) is 0 Å². The fraction of sp³-hybridized carbons (Fsp3) is 0.588. The molecule has 0 bridgehead atoms. The van der Waals surface area contributed by atoms with Crippen LogP contribution in [0.15, 0.2) is 18.2 Å². The monoisotopic (exact) mass is 303 g/mol. The molecule has 1 fully saturated rings. The molecule has 0 aliphatic carbocycles. The first-order valence-corrected chi connectivity index (χ1v) is 8.24. The molecule has 2 aliphatic rings. The lowest BCUT2D eigenvalue weighted by molar-refractivity contribution is 0.0374. The van der Waals surface area contributed by atoms with E-state index >= 15 is 0 Å². The summed E-state index contributed by atoms with van der Waals surface area (Å²) < 4.78 is 5.33. The zero-order chi connectivity index (χ0) is 15.2. The van der Waals surface area contributed by atoms with E-state index in [-0.39, 0.29) is 5.91 Å². The lowest BCUT2D eigenvalue weighted by Crippen LogP contribution is -2.38. The minimum Gasteiger partial charge on any atom is -0.379 e. The third-order valence-electron chi connectivity index (χ3n) is 4.40. The molecule has 0 radical (unpaired) electrons. The minimum absolute atomic E-state index is 0.0374. The van der Waals surface area contributed by atoms with Gasteiger partial charge in [-0.05, 0) is 49.2 Å².